The molecule has 1 amide bonds. The van der Waals surface area contributed by atoms with Gasteiger partial charge in [-0.3, -0.25) is 4.79 Å². The minimum absolute atomic E-state index is 0.223. The summed E-state index contributed by atoms with van der Waals surface area (Å²) in [6.45, 7) is 3.32. The van der Waals surface area contributed by atoms with Crippen molar-refractivity contribution >= 4 is 28.3 Å². The van der Waals surface area contributed by atoms with Crippen LogP contribution in [0.25, 0.3) is 10.9 Å². The molecule has 1 atom stereocenters. The molecule has 0 saturated carbocycles. The fourth-order valence-corrected chi connectivity index (χ4v) is 2.71. The molecule has 0 saturated heterocycles. The minimum atomic E-state index is -0.561. The number of carbonyl (C=O) groups excluding carboxylic acids is 1. The second kappa shape index (κ2) is 8.53. The standard InChI is InChI=1S/C20H22N4O4/c1-12-8-14(6-7-16(12)26)24-20-19-15(22-11-23-20)4-3-5-17(19)28-13(2)9-21-18(27)10-25/h3-8,11,13,25-26H,9-10H2,1-2H3,(H,21,27)(H,22,23,24)/t13-/m1/s1. The third kappa shape index (κ3) is 4.47. The fraction of sp³-hybridized carbons (Fsp3) is 0.250. The average Bonchev–Trinajstić information content (AvgIpc) is 2.69. The van der Waals surface area contributed by atoms with Gasteiger partial charge in [0.15, 0.2) is 0 Å². The highest BCUT2D eigenvalue weighted by Crippen LogP contribution is 2.32. The molecule has 0 aliphatic carbocycles. The number of aliphatic hydroxyl groups excluding tert-OH is 1. The lowest BCUT2D eigenvalue weighted by molar-refractivity contribution is -0.124. The van der Waals surface area contributed by atoms with E-state index in [1.165, 1.54) is 6.33 Å². The number of hydrogen-bond acceptors (Lipinski definition) is 7. The number of nitrogens with one attached hydrogen (secondary N) is 2. The predicted octanol–water partition coefficient (Wildman–Crippen LogP) is 2.26. The zero-order valence-corrected chi connectivity index (χ0v) is 15.6. The summed E-state index contributed by atoms with van der Waals surface area (Å²) in [6.07, 6.45) is 1.14. The summed E-state index contributed by atoms with van der Waals surface area (Å²) in [5, 5.41) is 25.0. The Morgan fingerprint density at radius 2 is 2.07 bits per heavy atom. The molecule has 0 fully saturated rings. The summed E-state index contributed by atoms with van der Waals surface area (Å²) < 4.78 is 5.99. The van der Waals surface area contributed by atoms with Crippen molar-refractivity contribution in [2.75, 3.05) is 18.5 Å². The van der Waals surface area contributed by atoms with E-state index in [4.69, 9.17) is 9.84 Å². The van der Waals surface area contributed by atoms with Crippen molar-refractivity contribution in [3.05, 3.63) is 48.3 Å². The van der Waals surface area contributed by atoms with Gasteiger partial charge < -0.3 is 25.6 Å². The number of anilines is 2. The molecule has 0 radical (unpaired) electrons. The van der Waals surface area contributed by atoms with Gasteiger partial charge in [-0.15, -0.1) is 0 Å². The van der Waals surface area contributed by atoms with Gasteiger partial charge in [-0.1, -0.05) is 6.07 Å². The molecule has 3 aromatic rings. The number of carbonyl (C=O) groups is 1. The Balaban J connectivity index is 1.89. The zero-order chi connectivity index (χ0) is 20.1. The van der Waals surface area contributed by atoms with Crippen LogP contribution >= 0.6 is 0 Å². The Kier molecular flexibility index (Phi) is 5.90. The molecular weight excluding hydrogens is 360 g/mol. The number of phenolic OH excluding ortho intramolecular Hbond substituents is 1. The summed E-state index contributed by atoms with van der Waals surface area (Å²) in [5.41, 5.74) is 2.22. The van der Waals surface area contributed by atoms with E-state index in [-0.39, 0.29) is 18.4 Å². The number of ether oxygens (including phenoxy) is 1. The van der Waals surface area contributed by atoms with E-state index in [1.54, 1.807) is 12.1 Å². The average molecular weight is 382 g/mol. The number of amides is 1. The molecule has 8 heteroatoms. The largest absolute Gasteiger partial charge is 0.508 e. The fourth-order valence-electron chi connectivity index (χ4n) is 2.71. The number of rotatable bonds is 7. The summed E-state index contributed by atoms with van der Waals surface area (Å²) in [4.78, 5) is 19.9. The van der Waals surface area contributed by atoms with E-state index in [0.29, 0.717) is 22.5 Å². The van der Waals surface area contributed by atoms with E-state index in [9.17, 15) is 9.90 Å². The second-order valence-electron chi connectivity index (χ2n) is 6.39. The van der Waals surface area contributed by atoms with Crippen LogP contribution in [0, 0.1) is 6.92 Å². The molecule has 146 valence electrons. The first-order chi connectivity index (χ1) is 13.5. The number of aliphatic hydroxyl groups is 1. The molecule has 1 aromatic heterocycles. The molecular formula is C20H22N4O4. The highest BCUT2D eigenvalue weighted by atomic mass is 16.5. The van der Waals surface area contributed by atoms with Gasteiger partial charge in [0.05, 0.1) is 17.4 Å². The van der Waals surface area contributed by atoms with Crippen LogP contribution in [0.2, 0.25) is 0 Å². The Hall–Kier alpha value is -3.39. The van der Waals surface area contributed by atoms with E-state index < -0.39 is 12.5 Å². The SMILES string of the molecule is Cc1cc(Nc2ncnc3cccc(O[C@H](C)CNC(=O)CO)c23)ccc1O. The number of aromatic hydroxyl groups is 1. The van der Waals surface area contributed by atoms with Gasteiger partial charge in [0.2, 0.25) is 5.91 Å². The van der Waals surface area contributed by atoms with Gasteiger partial charge in [0, 0.05) is 5.69 Å². The normalized spacial score (nSPS) is 11.8. The number of benzene rings is 2. The van der Waals surface area contributed by atoms with Crippen molar-refractivity contribution < 1.29 is 19.7 Å². The van der Waals surface area contributed by atoms with Crippen molar-refractivity contribution in [1.82, 2.24) is 15.3 Å². The Morgan fingerprint density at radius 1 is 1.25 bits per heavy atom. The Morgan fingerprint density at radius 3 is 2.82 bits per heavy atom. The molecule has 0 bridgehead atoms. The smallest absolute Gasteiger partial charge is 0.245 e. The van der Waals surface area contributed by atoms with Crippen LogP contribution in [0.15, 0.2) is 42.7 Å². The highest BCUT2D eigenvalue weighted by Gasteiger charge is 2.14. The molecule has 4 N–H and O–H groups in total. The molecule has 1 heterocycles. The lowest BCUT2D eigenvalue weighted by Gasteiger charge is -2.18. The summed E-state index contributed by atoms with van der Waals surface area (Å²) in [6, 6.07) is 10.7. The van der Waals surface area contributed by atoms with Gasteiger partial charge in [0.25, 0.3) is 0 Å². The van der Waals surface area contributed by atoms with E-state index >= 15 is 0 Å². The monoisotopic (exact) mass is 382 g/mol. The lowest BCUT2D eigenvalue weighted by Crippen LogP contribution is -2.35. The number of phenols is 1. The van der Waals surface area contributed by atoms with E-state index in [0.717, 1.165) is 11.3 Å². The maximum Gasteiger partial charge on any atom is 0.245 e. The number of nitrogens with zero attached hydrogens (tertiary/aromatic N) is 2. The van der Waals surface area contributed by atoms with Gasteiger partial charge in [-0.25, -0.2) is 9.97 Å². The molecule has 28 heavy (non-hydrogen) atoms. The quantitative estimate of drug-likeness (QED) is 0.463. The Labute approximate surface area is 162 Å². The van der Waals surface area contributed by atoms with Gasteiger partial charge >= 0.3 is 0 Å². The third-order valence-corrected chi connectivity index (χ3v) is 4.14. The summed E-state index contributed by atoms with van der Waals surface area (Å²) >= 11 is 0. The first-order valence-corrected chi connectivity index (χ1v) is 8.82. The summed E-state index contributed by atoms with van der Waals surface area (Å²) in [7, 11) is 0. The van der Waals surface area contributed by atoms with Crippen LogP contribution in [-0.2, 0) is 4.79 Å². The van der Waals surface area contributed by atoms with Crippen molar-refractivity contribution in [2.45, 2.75) is 20.0 Å². The molecule has 0 unspecified atom stereocenters. The van der Waals surface area contributed by atoms with Gasteiger partial charge in [-0.05, 0) is 49.7 Å². The first kappa shape index (κ1) is 19.4. The minimum Gasteiger partial charge on any atom is -0.508 e. The van der Waals surface area contributed by atoms with E-state index in [1.807, 2.05) is 38.1 Å². The van der Waals surface area contributed by atoms with Gasteiger partial charge in [0.1, 0.15) is 36.4 Å². The van der Waals surface area contributed by atoms with Crippen LogP contribution in [0.5, 0.6) is 11.5 Å². The predicted molar refractivity (Wildman–Crippen MR) is 106 cm³/mol. The van der Waals surface area contributed by atoms with Crippen LogP contribution in [0.4, 0.5) is 11.5 Å². The van der Waals surface area contributed by atoms with Crippen molar-refractivity contribution in [2.24, 2.45) is 0 Å². The number of aromatic nitrogens is 2. The van der Waals surface area contributed by atoms with Crippen LogP contribution < -0.4 is 15.4 Å². The van der Waals surface area contributed by atoms with E-state index in [2.05, 4.69) is 20.6 Å². The molecule has 2 aromatic carbocycles. The molecule has 0 aliphatic rings. The maximum atomic E-state index is 11.2. The van der Waals surface area contributed by atoms with Crippen molar-refractivity contribution in [1.29, 1.82) is 0 Å². The molecule has 0 aliphatic heterocycles. The maximum absolute atomic E-state index is 11.2. The first-order valence-electron chi connectivity index (χ1n) is 8.82. The zero-order valence-electron chi connectivity index (χ0n) is 15.6. The van der Waals surface area contributed by atoms with Crippen molar-refractivity contribution in [3.63, 3.8) is 0 Å². The highest BCUT2D eigenvalue weighted by molar-refractivity contribution is 5.95. The number of fused-ring (bicyclic) bond motifs is 1. The lowest BCUT2D eigenvalue weighted by atomic mass is 10.1. The van der Waals surface area contributed by atoms with Crippen LogP contribution in [0.3, 0.4) is 0 Å². The molecule has 3 rings (SSSR count). The Bertz CT molecular complexity index is 988. The third-order valence-electron chi connectivity index (χ3n) is 4.14. The van der Waals surface area contributed by atoms with Crippen LogP contribution in [0.1, 0.15) is 12.5 Å². The van der Waals surface area contributed by atoms with Crippen molar-refractivity contribution in [3.8, 4) is 11.5 Å². The second-order valence-corrected chi connectivity index (χ2v) is 6.39. The molecule has 0 spiro atoms. The number of aryl methyl sites for hydroxylation is 1. The molecule has 8 nitrogen and oxygen atoms in total. The summed E-state index contributed by atoms with van der Waals surface area (Å²) in [5.74, 6) is 0.904. The van der Waals surface area contributed by atoms with Gasteiger partial charge in [-0.2, -0.15) is 0 Å². The van der Waals surface area contributed by atoms with Crippen LogP contribution in [-0.4, -0.2) is 45.3 Å². The topological polar surface area (TPSA) is 117 Å². The number of hydrogen-bond donors (Lipinski definition) is 4.